The average molecular weight is 587 g/mol. The highest BCUT2D eigenvalue weighted by atomic mass is 16.6. The summed E-state index contributed by atoms with van der Waals surface area (Å²) in [6.07, 6.45) is 4.06. The number of anilines is 1. The van der Waals surface area contributed by atoms with Gasteiger partial charge in [-0.15, -0.1) is 0 Å². The number of aliphatic carboxylic acids is 1. The number of esters is 1. The fourth-order valence-electron chi connectivity index (χ4n) is 4.94. The van der Waals surface area contributed by atoms with Crippen LogP contribution in [0.4, 0.5) is 5.69 Å². The lowest BCUT2D eigenvalue weighted by Gasteiger charge is -2.16. The van der Waals surface area contributed by atoms with E-state index in [-0.39, 0.29) is 53.1 Å². The number of carbonyl (C=O) groups is 5. The monoisotopic (exact) mass is 586 g/mol. The minimum atomic E-state index is -1.25. The van der Waals surface area contributed by atoms with Gasteiger partial charge in [0.05, 0.1) is 12.7 Å². The largest absolute Gasteiger partial charge is 0.493 e. The number of carboxylic acid groups (broad SMARTS) is 1. The van der Waals surface area contributed by atoms with Crippen molar-refractivity contribution in [1.29, 1.82) is 0 Å². The van der Waals surface area contributed by atoms with Crippen molar-refractivity contribution >= 4 is 35.2 Å². The van der Waals surface area contributed by atoms with Crippen LogP contribution in [0.3, 0.4) is 0 Å². The van der Waals surface area contributed by atoms with E-state index in [9.17, 15) is 29.1 Å². The molecule has 10 heteroatoms. The molecule has 0 aliphatic heterocycles. The van der Waals surface area contributed by atoms with Crippen molar-refractivity contribution in [3.63, 3.8) is 0 Å². The molecule has 2 amide bonds. The molecule has 0 heterocycles. The second kappa shape index (κ2) is 14.3. The summed E-state index contributed by atoms with van der Waals surface area (Å²) in [5.74, 6) is -2.08. The lowest BCUT2D eigenvalue weighted by molar-refractivity contribution is -0.139. The Hall–Kier alpha value is -4.99. The SMILES string of the molecule is COc1cc(CC(NC(=O)c2ccc(NC(=O)C3CCCC3)cc2)C(=O)O)ccc1OC(=O)c1ccc(CC(C)=O)cc1. The summed E-state index contributed by atoms with van der Waals surface area (Å²) in [5.41, 5.74) is 2.42. The summed E-state index contributed by atoms with van der Waals surface area (Å²) in [6, 6.07) is 16.2. The molecule has 1 saturated carbocycles. The predicted octanol–water partition coefficient (Wildman–Crippen LogP) is 4.60. The number of carbonyl (C=O) groups excluding carboxylic acids is 4. The zero-order valence-electron chi connectivity index (χ0n) is 24.1. The molecule has 3 aromatic carbocycles. The van der Waals surface area contributed by atoms with Gasteiger partial charge in [-0.25, -0.2) is 9.59 Å². The van der Waals surface area contributed by atoms with Crippen LogP contribution in [0.2, 0.25) is 0 Å². The molecule has 4 rings (SSSR count). The van der Waals surface area contributed by atoms with Gasteiger partial charge in [0.15, 0.2) is 11.5 Å². The van der Waals surface area contributed by atoms with Crippen LogP contribution in [0.5, 0.6) is 11.5 Å². The van der Waals surface area contributed by atoms with Crippen molar-refractivity contribution in [3.05, 3.63) is 89.0 Å². The molecule has 0 saturated heterocycles. The van der Waals surface area contributed by atoms with E-state index >= 15 is 0 Å². The first-order valence-electron chi connectivity index (χ1n) is 14.0. The Balaban J connectivity index is 1.37. The lowest BCUT2D eigenvalue weighted by atomic mass is 10.0. The molecule has 1 fully saturated rings. The summed E-state index contributed by atoms with van der Waals surface area (Å²) in [6.45, 7) is 1.49. The van der Waals surface area contributed by atoms with E-state index in [0.717, 1.165) is 31.2 Å². The molecule has 1 aliphatic rings. The van der Waals surface area contributed by atoms with Crippen molar-refractivity contribution in [3.8, 4) is 11.5 Å². The van der Waals surface area contributed by atoms with Crippen LogP contribution in [0.15, 0.2) is 66.7 Å². The molecule has 0 radical (unpaired) electrons. The first kappa shape index (κ1) is 31.0. The van der Waals surface area contributed by atoms with Gasteiger partial charge in [0.1, 0.15) is 11.8 Å². The van der Waals surface area contributed by atoms with Crippen LogP contribution in [0.1, 0.15) is 64.4 Å². The number of nitrogens with one attached hydrogen (secondary N) is 2. The summed E-state index contributed by atoms with van der Waals surface area (Å²) in [5, 5.41) is 15.2. The molecule has 1 aliphatic carbocycles. The van der Waals surface area contributed by atoms with Crippen LogP contribution in [0.25, 0.3) is 0 Å². The maximum atomic E-state index is 12.8. The number of Topliss-reactive ketones (excluding diaryl/α,β-unsaturated/α-hetero) is 1. The number of benzene rings is 3. The molecule has 224 valence electrons. The Bertz CT molecular complexity index is 1490. The van der Waals surface area contributed by atoms with Crippen molar-refractivity contribution in [2.75, 3.05) is 12.4 Å². The molecular formula is C33H34N2O8. The van der Waals surface area contributed by atoms with Gasteiger partial charge in [-0.2, -0.15) is 0 Å². The first-order valence-corrected chi connectivity index (χ1v) is 14.0. The molecule has 0 aromatic heterocycles. The van der Waals surface area contributed by atoms with Gasteiger partial charge in [0.25, 0.3) is 5.91 Å². The number of rotatable bonds is 12. The fourth-order valence-corrected chi connectivity index (χ4v) is 4.94. The number of ketones is 1. The van der Waals surface area contributed by atoms with Crippen LogP contribution < -0.4 is 20.1 Å². The number of hydrogen-bond acceptors (Lipinski definition) is 7. The Morgan fingerprint density at radius 1 is 0.860 bits per heavy atom. The van der Waals surface area contributed by atoms with Crippen LogP contribution >= 0.6 is 0 Å². The average Bonchev–Trinajstić information content (AvgIpc) is 3.53. The second-order valence-electron chi connectivity index (χ2n) is 10.6. The van der Waals surface area contributed by atoms with Crippen molar-refractivity contribution in [1.82, 2.24) is 5.32 Å². The van der Waals surface area contributed by atoms with Gasteiger partial charge in [-0.1, -0.05) is 31.0 Å². The minimum Gasteiger partial charge on any atom is -0.493 e. The zero-order valence-corrected chi connectivity index (χ0v) is 24.1. The van der Waals surface area contributed by atoms with E-state index in [1.54, 1.807) is 48.5 Å². The van der Waals surface area contributed by atoms with E-state index in [1.807, 2.05) is 0 Å². The standard InChI is InChI=1S/C33H34N2O8/c1-20(36)17-21-7-10-25(11-8-21)33(41)43-28-16-9-22(19-29(28)42-2)18-27(32(39)40)35-31(38)24-12-14-26(15-13-24)34-30(37)23-5-3-4-6-23/h7-16,19,23,27H,3-6,17-18H2,1-2H3,(H,34,37)(H,35,38)(H,39,40). The van der Waals surface area contributed by atoms with Crippen molar-refractivity contribution < 1.29 is 38.6 Å². The number of carboxylic acids is 1. The summed E-state index contributed by atoms with van der Waals surface area (Å²) >= 11 is 0. The third-order valence-corrected chi connectivity index (χ3v) is 7.26. The van der Waals surface area contributed by atoms with Crippen molar-refractivity contribution in [2.45, 2.75) is 51.5 Å². The molecule has 10 nitrogen and oxygen atoms in total. The molecule has 3 N–H and O–H groups in total. The van der Waals surface area contributed by atoms with E-state index in [2.05, 4.69) is 10.6 Å². The van der Waals surface area contributed by atoms with Crippen LogP contribution in [-0.2, 0) is 27.2 Å². The molecular weight excluding hydrogens is 552 g/mol. The zero-order chi connectivity index (χ0) is 30.9. The van der Waals surface area contributed by atoms with Gasteiger partial charge in [-0.3, -0.25) is 14.4 Å². The third kappa shape index (κ3) is 8.51. The highest BCUT2D eigenvalue weighted by Crippen LogP contribution is 2.30. The predicted molar refractivity (Wildman–Crippen MR) is 158 cm³/mol. The molecule has 1 unspecified atom stereocenters. The highest BCUT2D eigenvalue weighted by molar-refractivity contribution is 5.98. The summed E-state index contributed by atoms with van der Waals surface area (Å²) in [4.78, 5) is 61.2. The van der Waals surface area contributed by atoms with E-state index in [0.29, 0.717) is 11.3 Å². The quantitative estimate of drug-likeness (QED) is 0.206. The molecule has 0 spiro atoms. The topological polar surface area (TPSA) is 148 Å². The van der Waals surface area contributed by atoms with Crippen molar-refractivity contribution in [2.24, 2.45) is 5.92 Å². The van der Waals surface area contributed by atoms with Gasteiger partial charge in [0.2, 0.25) is 5.91 Å². The minimum absolute atomic E-state index is 0.00999. The third-order valence-electron chi connectivity index (χ3n) is 7.26. The first-order chi connectivity index (χ1) is 20.6. The van der Waals surface area contributed by atoms with E-state index in [4.69, 9.17) is 9.47 Å². The number of amides is 2. The summed E-state index contributed by atoms with van der Waals surface area (Å²) < 4.78 is 10.9. The Morgan fingerprint density at radius 3 is 2.09 bits per heavy atom. The number of hydrogen-bond donors (Lipinski definition) is 3. The fraction of sp³-hybridized carbons (Fsp3) is 0.303. The molecule has 43 heavy (non-hydrogen) atoms. The second-order valence-corrected chi connectivity index (χ2v) is 10.6. The van der Waals surface area contributed by atoms with E-state index in [1.165, 1.54) is 32.2 Å². The maximum Gasteiger partial charge on any atom is 0.343 e. The highest BCUT2D eigenvalue weighted by Gasteiger charge is 2.24. The normalized spacial score (nSPS) is 13.5. The Kier molecular flexibility index (Phi) is 10.3. The van der Waals surface area contributed by atoms with Gasteiger partial charge in [-0.05, 0) is 79.4 Å². The van der Waals surface area contributed by atoms with Gasteiger partial charge in [0, 0.05) is 30.0 Å². The maximum absolute atomic E-state index is 12.8. The van der Waals surface area contributed by atoms with Gasteiger partial charge >= 0.3 is 11.9 Å². The Labute approximate surface area is 249 Å². The Morgan fingerprint density at radius 2 is 1.49 bits per heavy atom. The molecule has 1 atom stereocenters. The molecule has 0 bridgehead atoms. The number of methoxy groups -OCH3 is 1. The van der Waals surface area contributed by atoms with Crippen LogP contribution in [-0.4, -0.2) is 47.8 Å². The smallest absolute Gasteiger partial charge is 0.343 e. The molecule has 3 aromatic rings. The van der Waals surface area contributed by atoms with Crippen LogP contribution in [0, 0.1) is 5.92 Å². The summed E-state index contributed by atoms with van der Waals surface area (Å²) in [7, 11) is 1.39. The van der Waals surface area contributed by atoms with E-state index < -0.39 is 23.9 Å². The number of ether oxygens (including phenoxy) is 2. The lowest BCUT2D eigenvalue weighted by Crippen LogP contribution is -2.42. The van der Waals surface area contributed by atoms with Gasteiger partial charge < -0.3 is 25.2 Å².